The molecule has 42 heavy (non-hydrogen) atoms. The Balaban J connectivity index is 1.46. The zero-order valence-corrected chi connectivity index (χ0v) is 26.0. The van der Waals surface area contributed by atoms with Gasteiger partial charge in [0.05, 0.1) is 12.2 Å². The number of carbonyl (C=O) groups excluding carboxylic acids is 1. The number of ether oxygens (including phenoxy) is 1. The molecule has 1 unspecified atom stereocenters. The van der Waals surface area contributed by atoms with E-state index in [0.717, 1.165) is 58.7 Å². The van der Waals surface area contributed by atoms with Gasteiger partial charge in [0.25, 0.3) is 5.91 Å². The van der Waals surface area contributed by atoms with Crippen LogP contribution < -0.4 is 15.4 Å². The van der Waals surface area contributed by atoms with Gasteiger partial charge in [-0.15, -0.1) is 5.10 Å². The molecule has 1 aromatic heterocycles. The van der Waals surface area contributed by atoms with Crippen molar-refractivity contribution in [3.8, 4) is 5.75 Å². The fourth-order valence-corrected chi connectivity index (χ4v) is 6.03. The lowest BCUT2D eigenvalue weighted by Crippen LogP contribution is -2.31. The number of allylic oxidation sites excluding steroid dienone is 1. The van der Waals surface area contributed by atoms with Gasteiger partial charge < -0.3 is 15.4 Å². The Morgan fingerprint density at radius 3 is 2.60 bits per heavy atom. The maximum absolute atomic E-state index is 13.9. The van der Waals surface area contributed by atoms with E-state index in [1.165, 1.54) is 11.8 Å². The molecule has 1 atom stereocenters. The predicted molar refractivity (Wildman–Crippen MR) is 172 cm³/mol. The number of amides is 1. The predicted octanol–water partition coefficient (Wildman–Crippen LogP) is 8.34. The molecule has 0 aliphatic carbocycles. The molecule has 7 nitrogen and oxygen atoms in total. The summed E-state index contributed by atoms with van der Waals surface area (Å²) >= 11 is 7.89. The molecule has 1 aliphatic heterocycles. The van der Waals surface area contributed by atoms with Crippen LogP contribution >= 0.6 is 23.4 Å². The molecule has 0 spiro atoms. The largest absolute Gasteiger partial charge is 0.494 e. The first-order valence-electron chi connectivity index (χ1n) is 14.3. The molecule has 0 radical (unpaired) electrons. The number of nitrogens with one attached hydrogen (secondary N) is 2. The number of aryl methyl sites for hydroxylation is 1. The van der Waals surface area contributed by atoms with Gasteiger partial charge in [-0.2, -0.15) is 4.98 Å². The summed E-state index contributed by atoms with van der Waals surface area (Å²) in [4.78, 5) is 18.7. The molecule has 0 fully saturated rings. The third kappa shape index (κ3) is 6.66. The number of nitrogens with zero attached hydrogens (tertiary/aromatic N) is 3. The molecule has 2 heterocycles. The summed E-state index contributed by atoms with van der Waals surface area (Å²) in [5, 5.41) is 12.7. The van der Waals surface area contributed by atoms with Crippen molar-refractivity contribution in [2.75, 3.05) is 17.2 Å². The molecule has 5 rings (SSSR count). The SMILES string of the molecule is CCCCCOc1ccc(C2C(C(=O)Nc3cccc(C)c3C)=C(C)Nc3nc(SCc4ccccc4Cl)nn32)cc1. The minimum absolute atomic E-state index is 0.190. The number of hydrogen-bond acceptors (Lipinski definition) is 6. The molecule has 0 saturated heterocycles. The average Bonchev–Trinajstić information content (AvgIpc) is 3.39. The van der Waals surface area contributed by atoms with E-state index < -0.39 is 6.04 Å². The summed E-state index contributed by atoms with van der Waals surface area (Å²) in [7, 11) is 0. The van der Waals surface area contributed by atoms with Crippen molar-refractivity contribution in [3.05, 3.63) is 105 Å². The second-order valence-corrected chi connectivity index (χ2v) is 11.8. The summed E-state index contributed by atoms with van der Waals surface area (Å²) in [5.41, 5.74) is 6.17. The average molecular weight is 602 g/mol. The molecule has 3 aromatic carbocycles. The van der Waals surface area contributed by atoms with E-state index in [9.17, 15) is 4.79 Å². The minimum Gasteiger partial charge on any atom is -0.494 e. The number of hydrogen-bond donors (Lipinski definition) is 2. The molecule has 1 amide bonds. The Labute approximate surface area is 256 Å². The first-order valence-corrected chi connectivity index (χ1v) is 15.6. The highest BCUT2D eigenvalue weighted by Gasteiger charge is 2.34. The van der Waals surface area contributed by atoms with Gasteiger partial charge in [-0.25, -0.2) is 4.68 Å². The van der Waals surface area contributed by atoms with E-state index in [1.54, 1.807) is 4.68 Å². The van der Waals surface area contributed by atoms with Crippen molar-refractivity contribution >= 4 is 40.9 Å². The second-order valence-electron chi connectivity index (χ2n) is 10.4. The number of aromatic nitrogens is 3. The van der Waals surface area contributed by atoms with E-state index in [-0.39, 0.29) is 5.91 Å². The molecule has 9 heteroatoms. The highest BCUT2D eigenvalue weighted by Crippen LogP contribution is 2.38. The number of carbonyl (C=O) groups is 1. The van der Waals surface area contributed by atoms with E-state index in [0.29, 0.717) is 34.1 Å². The third-order valence-corrected chi connectivity index (χ3v) is 8.71. The van der Waals surface area contributed by atoms with Crippen LogP contribution in [0, 0.1) is 13.8 Å². The molecule has 0 saturated carbocycles. The summed E-state index contributed by atoms with van der Waals surface area (Å²) in [6.45, 7) is 8.82. The lowest BCUT2D eigenvalue weighted by atomic mass is 9.94. The zero-order chi connectivity index (χ0) is 29.6. The summed E-state index contributed by atoms with van der Waals surface area (Å²) in [6.07, 6.45) is 3.31. The summed E-state index contributed by atoms with van der Waals surface area (Å²) in [6, 6.07) is 21.1. The van der Waals surface area contributed by atoms with Crippen LogP contribution in [0.4, 0.5) is 11.6 Å². The molecule has 1 aliphatic rings. The highest BCUT2D eigenvalue weighted by atomic mass is 35.5. The first kappa shape index (κ1) is 29.7. The Hall–Kier alpha value is -3.75. The van der Waals surface area contributed by atoms with Crippen LogP contribution in [0.1, 0.15) is 61.4 Å². The molecular weight excluding hydrogens is 566 g/mol. The number of anilines is 2. The number of unbranched alkanes of at least 4 members (excludes halogenated alkanes) is 2. The number of thioether (sulfide) groups is 1. The van der Waals surface area contributed by atoms with E-state index in [1.807, 2.05) is 87.5 Å². The minimum atomic E-state index is -0.484. The van der Waals surface area contributed by atoms with Crippen LogP contribution in [0.3, 0.4) is 0 Å². The summed E-state index contributed by atoms with van der Waals surface area (Å²) in [5.74, 6) is 1.83. The van der Waals surface area contributed by atoms with Crippen molar-refractivity contribution in [1.29, 1.82) is 0 Å². The van der Waals surface area contributed by atoms with E-state index in [4.69, 9.17) is 26.4 Å². The summed E-state index contributed by atoms with van der Waals surface area (Å²) < 4.78 is 7.76. The Morgan fingerprint density at radius 2 is 1.83 bits per heavy atom. The number of halogens is 1. The van der Waals surface area contributed by atoms with Gasteiger partial charge >= 0.3 is 0 Å². The van der Waals surface area contributed by atoms with Crippen molar-refractivity contribution in [3.63, 3.8) is 0 Å². The van der Waals surface area contributed by atoms with Gasteiger partial charge in [0.1, 0.15) is 11.8 Å². The van der Waals surface area contributed by atoms with Crippen LogP contribution in [0.15, 0.2) is 83.2 Å². The van der Waals surface area contributed by atoms with Crippen molar-refractivity contribution < 1.29 is 9.53 Å². The Morgan fingerprint density at radius 1 is 1.05 bits per heavy atom. The van der Waals surface area contributed by atoms with Crippen LogP contribution in [-0.4, -0.2) is 27.3 Å². The van der Waals surface area contributed by atoms with Crippen molar-refractivity contribution in [2.24, 2.45) is 0 Å². The Bertz CT molecular complexity index is 1600. The number of rotatable bonds is 11. The molecule has 4 aromatic rings. The van der Waals surface area contributed by atoms with Crippen molar-refractivity contribution in [2.45, 2.75) is 63.9 Å². The quantitative estimate of drug-likeness (QED) is 0.133. The molecule has 2 N–H and O–H groups in total. The van der Waals surface area contributed by atoms with E-state index in [2.05, 4.69) is 17.6 Å². The van der Waals surface area contributed by atoms with Crippen molar-refractivity contribution in [1.82, 2.24) is 14.8 Å². The molecule has 218 valence electrons. The maximum atomic E-state index is 13.9. The standard InChI is InChI=1S/C33H36ClN5O2S/c1-5-6-9-19-41-26-17-15-24(16-18-26)30-29(31(40)36-28-14-10-11-21(2)22(28)3)23(4)35-32-37-33(38-39(30)32)42-20-25-12-7-8-13-27(25)34/h7-8,10-18,30H,5-6,9,19-20H2,1-4H3,(H,36,40)(H,35,37,38). The number of fused-ring (bicyclic) bond motifs is 1. The van der Waals surface area contributed by atoms with Crippen LogP contribution in [-0.2, 0) is 10.5 Å². The Kier molecular flexibility index (Phi) is 9.55. The van der Waals surface area contributed by atoms with Gasteiger partial charge in [-0.3, -0.25) is 4.79 Å². The zero-order valence-electron chi connectivity index (χ0n) is 24.4. The van der Waals surface area contributed by atoms with Crippen LogP contribution in [0.2, 0.25) is 5.02 Å². The fourth-order valence-electron chi connectivity index (χ4n) is 4.92. The van der Waals surface area contributed by atoms with Gasteiger partial charge in [0, 0.05) is 22.2 Å². The van der Waals surface area contributed by atoms with Crippen LogP contribution in [0.25, 0.3) is 0 Å². The molecular formula is C33H36ClN5O2S. The number of benzene rings is 3. The van der Waals surface area contributed by atoms with Gasteiger partial charge in [0.2, 0.25) is 11.1 Å². The van der Waals surface area contributed by atoms with E-state index >= 15 is 0 Å². The van der Waals surface area contributed by atoms with Gasteiger partial charge in [-0.05, 0) is 73.7 Å². The van der Waals surface area contributed by atoms with Crippen LogP contribution in [0.5, 0.6) is 5.75 Å². The second kappa shape index (κ2) is 13.5. The lowest BCUT2D eigenvalue weighted by molar-refractivity contribution is -0.113. The van der Waals surface area contributed by atoms with Gasteiger partial charge in [-0.1, -0.05) is 85.6 Å². The third-order valence-electron chi connectivity index (χ3n) is 7.46. The maximum Gasteiger partial charge on any atom is 0.255 e. The lowest BCUT2D eigenvalue weighted by Gasteiger charge is -2.29. The normalized spacial score (nSPS) is 14.4. The monoisotopic (exact) mass is 601 g/mol. The highest BCUT2D eigenvalue weighted by molar-refractivity contribution is 7.98. The topological polar surface area (TPSA) is 81.1 Å². The smallest absolute Gasteiger partial charge is 0.255 e. The first-order chi connectivity index (χ1) is 20.4. The molecule has 0 bridgehead atoms. The fraction of sp³-hybridized carbons (Fsp3) is 0.303. The van der Waals surface area contributed by atoms with Gasteiger partial charge in [0.15, 0.2) is 0 Å².